The zero-order valence-corrected chi connectivity index (χ0v) is 8.77. The van der Waals surface area contributed by atoms with Crippen LogP contribution in [0.5, 0.6) is 0 Å². The Morgan fingerprint density at radius 1 is 1.40 bits per heavy atom. The predicted molar refractivity (Wildman–Crippen MR) is 53.8 cm³/mol. The van der Waals surface area contributed by atoms with Crippen LogP contribution in [-0.2, 0) is 9.59 Å². The smallest absolute Gasteiger partial charge is 0.211 e. The van der Waals surface area contributed by atoms with E-state index in [2.05, 4.69) is 16.9 Å². The highest BCUT2D eigenvalue weighted by Crippen LogP contribution is 2.58. The molecule has 0 N–H and O–H groups in total. The van der Waals surface area contributed by atoms with Crippen molar-refractivity contribution in [3.8, 4) is 0 Å². The van der Waals surface area contributed by atoms with Gasteiger partial charge >= 0.3 is 0 Å². The van der Waals surface area contributed by atoms with Crippen LogP contribution in [0.25, 0.3) is 0 Å². The Labute approximate surface area is 88.5 Å². The molecule has 2 aliphatic carbocycles. The van der Waals surface area contributed by atoms with E-state index in [9.17, 15) is 9.59 Å². The first-order valence-electron chi connectivity index (χ1n) is 5.32. The van der Waals surface area contributed by atoms with Crippen molar-refractivity contribution in [3.63, 3.8) is 0 Å². The van der Waals surface area contributed by atoms with Gasteiger partial charge in [0.25, 0.3) is 0 Å². The molecule has 4 nitrogen and oxygen atoms in total. The minimum atomic E-state index is 0.0262. The molecule has 4 unspecified atom stereocenters. The zero-order chi connectivity index (χ0) is 10.9. The Morgan fingerprint density at radius 2 is 2.20 bits per heavy atom. The monoisotopic (exact) mass is 206 g/mol. The molecule has 4 atom stereocenters. The standard InChI is InChI=1S/C11H14N2O2/c1-11-3-2-8(4-11)10(13-7-15)9(11)5-12-6-14/h8-10H,2-5H2,1H3. The normalized spacial score (nSPS) is 42.1. The van der Waals surface area contributed by atoms with Crippen molar-refractivity contribution in [1.29, 1.82) is 0 Å². The molecule has 0 aromatic rings. The molecule has 0 amide bonds. The van der Waals surface area contributed by atoms with Gasteiger partial charge in [-0.25, -0.2) is 19.6 Å². The van der Waals surface area contributed by atoms with Crippen LogP contribution in [0.3, 0.4) is 0 Å². The van der Waals surface area contributed by atoms with Gasteiger partial charge in [0.1, 0.15) is 0 Å². The Hall–Kier alpha value is -1.24. The zero-order valence-electron chi connectivity index (χ0n) is 8.77. The maximum absolute atomic E-state index is 10.4. The molecule has 4 heteroatoms. The molecular formula is C11H14N2O2. The summed E-state index contributed by atoms with van der Waals surface area (Å²) in [6.45, 7) is 2.66. The third kappa shape index (κ3) is 1.56. The molecule has 2 rings (SSSR count). The first-order valence-corrected chi connectivity index (χ1v) is 5.32. The number of carbonyl (C=O) groups excluding carboxylic acids is 2. The van der Waals surface area contributed by atoms with E-state index in [1.807, 2.05) is 0 Å². The van der Waals surface area contributed by atoms with Crippen molar-refractivity contribution in [2.75, 3.05) is 6.54 Å². The summed E-state index contributed by atoms with van der Waals surface area (Å²) >= 11 is 0. The highest BCUT2D eigenvalue weighted by atomic mass is 16.1. The topological polar surface area (TPSA) is 58.9 Å². The van der Waals surface area contributed by atoms with Crippen molar-refractivity contribution in [2.24, 2.45) is 27.2 Å². The summed E-state index contributed by atoms with van der Waals surface area (Å²) in [6, 6.07) is 0.0262. The van der Waals surface area contributed by atoms with E-state index in [0.717, 1.165) is 19.3 Å². The molecule has 15 heavy (non-hydrogen) atoms. The number of isocyanates is 2. The number of hydrogen-bond donors (Lipinski definition) is 0. The summed E-state index contributed by atoms with van der Waals surface area (Å²) in [5, 5.41) is 0. The van der Waals surface area contributed by atoms with Crippen LogP contribution < -0.4 is 0 Å². The van der Waals surface area contributed by atoms with Gasteiger partial charge in [-0.15, -0.1) is 0 Å². The second-order valence-corrected chi connectivity index (χ2v) is 4.91. The number of fused-ring (bicyclic) bond motifs is 2. The molecular weight excluding hydrogens is 192 g/mol. The van der Waals surface area contributed by atoms with Gasteiger partial charge in [-0.05, 0) is 30.6 Å². The lowest BCUT2D eigenvalue weighted by Gasteiger charge is -2.33. The van der Waals surface area contributed by atoms with Crippen molar-refractivity contribution in [3.05, 3.63) is 0 Å². The Kier molecular flexibility index (Phi) is 2.56. The first-order chi connectivity index (χ1) is 7.21. The lowest BCUT2D eigenvalue weighted by atomic mass is 9.74. The average molecular weight is 206 g/mol. The molecule has 2 saturated carbocycles. The molecule has 2 fully saturated rings. The second-order valence-electron chi connectivity index (χ2n) is 4.91. The first kappa shape index (κ1) is 10.3. The van der Waals surface area contributed by atoms with E-state index in [1.54, 1.807) is 12.2 Å². The Morgan fingerprint density at radius 3 is 2.87 bits per heavy atom. The van der Waals surface area contributed by atoms with Crippen molar-refractivity contribution in [2.45, 2.75) is 32.2 Å². The molecule has 0 radical (unpaired) electrons. The number of rotatable bonds is 3. The summed E-state index contributed by atoms with van der Waals surface area (Å²) in [7, 11) is 0. The van der Waals surface area contributed by atoms with Gasteiger partial charge in [-0.3, -0.25) is 0 Å². The van der Waals surface area contributed by atoms with Crippen LogP contribution in [0.4, 0.5) is 0 Å². The molecule has 0 aromatic carbocycles. The molecule has 2 bridgehead atoms. The number of hydrogen-bond acceptors (Lipinski definition) is 4. The fourth-order valence-corrected chi connectivity index (χ4v) is 3.41. The van der Waals surface area contributed by atoms with E-state index in [4.69, 9.17) is 0 Å². The van der Waals surface area contributed by atoms with E-state index in [1.165, 1.54) is 0 Å². The summed E-state index contributed by atoms with van der Waals surface area (Å²) < 4.78 is 0. The van der Waals surface area contributed by atoms with Gasteiger partial charge < -0.3 is 0 Å². The molecule has 2 aliphatic rings. The minimum Gasteiger partial charge on any atom is -0.211 e. The molecule has 0 saturated heterocycles. The SMILES string of the molecule is CC12CCC(C1)C(N=C=O)C2CN=C=O. The van der Waals surface area contributed by atoms with Crippen LogP contribution in [0, 0.1) is 17.3 Å². The largest absolute Gasteiger partial charge is 0.235 e. The summed E-state index contributed by atoms with van der Waals surface area (Å²) in [5.74, 6) is 0.711. The van der Waals surface area contributed by atoms with Crippen LogP contribution >= 0.6 is 0 Å². The molecule has 0 aliphatic heterocycles. The quantitative estimate of drug-likeness (QED) is 0.518. The van der Waals surface area contributed by atoms with Gasteiger partial charge in [-0.1, -0.05) is 6.92 Å². The Balaban J connectivity index is 2.23. The fourth-order valence-electron chi connectivity index (χ4n) is 3.41. The minimum absolute atomic E-state index is 0.0262. The maximum Gasteiger partial charge on any atom is 0.235 e. The lowest BCUT2D eigenvalue weighted by Crippen LogP contribution is -2.33. The van der Waals surface area contributed by atoms with Crippen LogP contribution in [0.15, 0.2) is 9.98 Å². The molecule has 80 valence electrons. The second kappa shape index (κ2) is 3.73. The van der Waals surface area contributed by atoms with E-state index >= 15 is 0 Å². The fraction of sp³-hybridized carbons (Fsp3) is 0.818. The van der Waals surface area contributed by atoms with Crippen molar-refractivity contribution >= 4 is 12.2 Å². The number of aliphatic imine (C=N–C) groups is 2. The van der Waals surface area contributed by atoms with Gasteiger partial charge in [0, 0.05) is 5.92 Å². The number of nitrogens with zero attached hydrogens (tertiary/aromatic N) is 2. The molecule has 0 heterocycles. The van der Waals surface area contributed by atoms with E-state index < -0.39 is 0 Å². The third-order valence-electron chi connectivity index (χ3n) is 4.16. The van der Waals surface area contributed by atoms with Gasteiger partial charge in [0.2, 0.25) is 12.2 Å². The van der Waals surface area contributed by atoms with Crippen LogP contribution in [0.1, 0.15) is 26.2 Å². The predicted octanol–water partition coefficient (Wildman–Crippen LogP) is 1.46. The Bertz CT molecular complexity index is 356. The highest BCUT2D eigenvalue weighted by Gasteiger charge is 2.55. The van der Waals surface area contributed by atoms with Gasteiger partial charge in [0.05, 0.1) is 12.6 Å². The maximum atomic E-state index is 10.4. The van der Waals surface area contributed by atoms with Crippen molar-refractivity contribution in [1.82, 2.24) is 0 Å². The van der Waals surface area contributed by atoms with Gasteiger partial charge in [-0.2, -0.15) is 0 Å². The molecule has 0 aromatic heterocycles. The summed E-state index contributed by atoms with van der Waals surface area (Å²) in [4.78, 5) is 28.0. The molecule has 0 spiro atoms. The highest BCUT2D eigenvalue weighted by molar-refractivity contribution is 5.35. The van der Waals surface area contributed by atoms with Gasteiger partial charge in [0.15, 0.2) is 0 Å². The van der Waals surface area contributed by atoms with Crippen LogP contribution in [0.2, 0.25) is 0 Å². The average Bonchev–Trinajstić information content (AvgIpc) is 2.70. The van der Waals surface area contributed by atoms with Crippen molar-refractivity contribution < 1.29 is 9.59 Å². The third-order valence-corrected chi connectivity index (χ3v) is 4.16. The lowest BCUT2D eigenvalue weighted by molar-refractivity contribution is 0.196. The van der Waals surface area contributed by atoms with Crippen LogP contribution in [-0.4, -0.2) is 24.7 Å². The van der Waals surface area contributed by atoms with E-state index in [0.29, 0.717) is 12.5 Å². The van der Waals surface area contributed by atoms with E-state index in [-0.39, 0.29) is 17.4 Å². The summed E-state index contributed by atoms with van der Waals surface area (Å²) in [6.07, 6.45) is 6.61. The summed E-state index contributed by atoms with van der Waals surface area (Å²) in [5.41, 5.74) is 0.204.